The van der Waals surface area contributed by atoms with Crippen molar-refractivity contribution < 1.29 is 4.57 Å². The zero-order chi connectivity index (χ0) is 23.2. The molecule has 164 valence electrons. The molecule has 0 N–H and O–H groups in total. The van der Waals surface area contributed by atoms with Crippen molar-refractivity contribution in [2.24, 2.45) is 0 Å². The van der Waals surface area contributed by atoms with Crippen molar-refractivity contribution in [1.29, 1.82) is 0 Å². The first kappa shape index (κ1) is 19.9. The summed E-state index contributed by atoms with van der Waals surface area (Å²) < 4.78 is 2.27. The molecule has 2 nitrogen and oxygen atoms in total. The van der Waals surface area contributed by atoms with Gasteiger partial charge in [-0.3, -0.25) is 0 Å². The van der Waals surface area contributed by atoms with E-state index in [0.717, 1.165) is 12.1 Å². The van der Waals surface area contributed by atoms with Crippen molar-refractivity contribution in [3.05, 3.63) is 133 Å². The lowest BCUT2D eigenvalue weighted by molar-refractivity contribution is -0.665. The Kier molecular flexibility index (Phi) is 4.56. The van der Waals surface area contributed by atoms with Crippen molar-refractivity contribution in [2.45, 2.75) is 6.54 Å². The van der Waals surface area contributed by atoms with E-state index in [4.69, 9.17) is 4.98 Å². The van der Waals surface area contributed by atoms with E-state index < -0.39 is 0 Å². The minimum Gasteiger partial charge on any atom is -0.226 e. The van der Waals surface area contributed by atoms with Gasteiger partial charge in [-0.05, 0) is 73.9 Å². The van der Waals surface area contributed by atoms with Gasteiger partial charge >= 0.3 is 0 Å². The Morgan fingerprint density at radius 2 is 1.11 bits per heavy atom. The van der Waals surface area contributed by atoms with E-state index in [9.17, 15) is 0 Å². The Labute approximate surface area is 204 Å². The summed E-state index contributed by atoms with van der Waals surface area (Å²) >= 11 is 0. The molecule has 0 aliphatic carbocycles. The van der Waals surface area contributed by atoms with Gasteiger partial charge in [0.1, 0.15) is 12.1 Å². The van der Waals surface area contributed by atoms with Crippen LogP contribution in [0.1, 0.15) is 5.56 Å². The summed E-state index contributed by atoms with van der Waals surface area (Å²) in [5, 5.41) is 5.05. The van der Waals surface area contributed by atoms with Crippen molar-refractivity contribution >= 4 is 32.6 Å². The van der Waals surface area contributed by atoms with E-state index in [-0.39, 0.29) is 0 Å². The number of hydrogen-bond donors (Lipinski definition) is 0. The Hall–Kier alpha value is -4.56. The van der Waals surface area contributed by atoms with Crippen LogP contribution in [-0.2, 0) is 6.54 Å². The third-order valence-corrected chi connectivity index (χ3v) is 7.00. The second-order valence-electron chi connectivity index (χ2n) is 9.08. The average molecular weight is 448 g/mol. The molecule has 2 heteroatoms. The second kappa shape index (κ2) is 8.03. The minimum absolute atomic E-state index is 0.791. The van der Waals surface area contributed by atoms with Crippen LogP contribution in [0.5, 0.6) is 0 Å². The molecule has 0 radical (unpaired) electrons. The molecular weight excluding hydrogens is 424 g/mol. The van der Waals surface area contributed by atoms with Crippen LogP contribution in [-0.4, -0.2) is 4.98 Å². The van der Waals surface area contributed by atoms with Crippen LogP contribution >= 0.6 is 0 Å². The highest BCUT2D eigenvalue weighted by Crippen LogP contribution is 2.42. The van der Waals surface area contributed by atoms with Crippen LogP contribution in [0.4, 0.5) is 0 Å². The largest absolute Gasteiger partial charge is 0.287 e. The number of rotatable bonds is 4. The number of hydrogen-bond acceptors (Lipinski definition) is 1. The fourth-order valence-corrected chi connectivity index (χ4v) is 5.37. The first-order valence-corrected chi connectivity index (χ1v) is 12.0. The molecule has 1 heterocycles. The fraction of sp³-hybridized carbons (Fsp3) is 0.0303. The number of benzene rings is 6. The highest BCUT2D eigenvalue weighted by molar-refractivity contribution is 6.26. The van der Waals surface area contributed by atoms with Crippen LogP contribution in [0.3, 0.4) is 0 Å². The smallest absolute Gasteiger partial charge is 0.226 e. The maximum atomic E-state index is 4.90. The quantitative estimate of drug-likeness (QED) is 0.200. The summed E-state index contributed by atoms with van der Waals surface area (Å²) in [6.45, 7) is 0.791. The van der Waals surface area contributed by atoms with Crippen LogP contribution in [0.25, 0.3) is 54.8 Å². The molecule has 0 fully saturated rings. The molecular formula is C33H23N2+. The lowest BCUT2D eigenvalue weighted by Crippen LogP contribution is -2.35. The molecule has 6 aromatic carbocycles. The molecule has 0 saturated carbocycles. The molecule has 0 unspecified atom stereocenters. The summed E-state index contributed by atoms with van der Waals surface area (Å²) in [5.41, 5.74) is 8.48. The van der Waals surface area contributed by atoms with Crippen LogP contribution in [0.15, 0.2) is 128 Å². The van der Waals surface area contributed by atoms with Crippen LogP contribution in [0, 0.1) is 0 Å². The predicted molar refractivity (Wildman–Crippen MR) is 145 cm³/mol. The molecule has 0 amide bonds. The van der Waals surface area contributed by atoms with Gasteiger partial charge in [0.05, 0.1) is 5.39 Å². The van der Waals surface area contributed by atoms with Crippen LogP contribution in [0.2, 0.25) is 0 Å². The third kappa shape index (κ3) is 3.26. The molecule has 0 bridgehead atoms. The van der Waals surface area contributed by atoms with Gasteiger partial charge in [0.15, 0.2) is 5.52 Å². The first-order valence-electron chi connectivity index (χ1n) is 12.0. The van der Waals surface area contributed by atoms with Crippen molar-refractivity contribution in [3.8, 4) is 22.3 Å². The second-order valence-corrected chi connectivity index (χ2v) is 9.08. The van der Waals surface area contributed by atoms with Crippen molar-refractivity contribution in [2.75, 3.05) is 0 Å². The zero-order valence-corrected chi connectivity index (χ0v) is 19.2. The average Bonchev–Trinajstić information content (AvgIpc) is 2.94. The maximum absolute atomic E-state index is 4.90. The highest BCUT2D eigenvalue weighted by atomic mass is 15.0. The lowest BCUT2D eigenvalue weighted by atomic mass is 9.87. The molecule has 0 atom stereocenters. The molecule has 0 spiro atoms. The van der Waals surface area contributed by atoms with Gasteiger partial charge < -0.3 is 0 Å². The molecule has 0 aliphatic heterocycles. The van der Waals surface area contributed by atoms with Gasteiger partial charge in [-0.1, -0.05) is 91.0 Å². The predicted octanol–water partition coefficient (Wildman–Crippen LogP) is 7.65. The molecule has 7 aromatic rings. The van der Waals surface area contributed by atoms with Gasteiger partial charge in [-0.2, -0.15) is 0 Å². The highest BCUT2D eigenvalue weighted by Gasteiger charge is 2.21. The molecule has 0 saturated heterocycles. The third-order valence-electron chi connectivity index (χ3n) is 7.00. The summed E-state index contributed by atoms with van der Waals surface area (Å²) in [7, 11) is 0. The lowest BCUT2D eigenvalue weighted by Gasteiger charge is -2.17. The van der Waals surface area contributed by atoms with Gasteiger partial charge in [-0.15, -0.1) is 0 Å². The van der Waals surface area contributed by atoms with E-state index in [0.29, 0.717) is 0 Å². The molecule has 35 heavy (non-hydrogen) atoms. The van der Waals surface area contributed by atoms with Gasteiger partial charge in [-0.25, -0.2) is 4.57 Å². The molecule has 7 rings (SSSR count). The van der Waals surface area contributed by atoms with Crippen molar-refractivity contribution in [3.63, 3.8) is 0 Å². The fourth-order valence-electron chi connectivity index (χ4n) is 5.37. The monoisotopic (exact) mass is 447 g/mol. The minimum atomic E-state index is 0.791. The zero-order valence-electron chi connectivity index (χ0n) is 19.2. The van der Waals surface area contributed by atoms with E-state index in [1.165, 1.54) is 54.9 Å². The summed E-state index contributed by atoms with van der Waals surface area (Å²) in [6, 6.07) is 43.4. The van der Waals surface area contributed by atoms with E-state index in [2.05, 4.69) is 126 Å². The Morgan fingerprint density at radius 1 is 0.543 bits per heavy atom. The topological polar surface area (TPSA) is 16.8 Å². The number of nitrogens with zero attached hydrogens (tertiary/aromatic N) is 2. The van der Waals surface area contributed by atoms with Crippen LogP contribution < -0.4 is 4.57 Å². The molecule has 0 aliphatic rings. The van der Waals surface area contributed by atoms with E-state index >= 15 is 0 Å². The first-order chi connectivity index (χ1) is 17.4. The molecule has 1 aromatic heterocycles. The Morgan fingerprint density at radius 3 is 1.74 bits per heavy atom. The summed E-state index contributed by atoms with van der Waals surface area (Å²) in [4.78, 5) is 4.90. The van der Waals surface area contributed by atoms with Crippen molar-refractivity contribution in [1.82, 2.24) is 4.98 Å². The maximum Gasteiger partial charge on any atom is 0.287 e. The summed E-state index contributed by atoms with van der Waals surface area (Å²) in [6.07, 6.45) is 1.98. The summed E-state index contributed by atoms with van der Waals surface area (Å²) in [5.74, 6) is 0. The van der Waals surface area contributed by atoms with E-state index in [1.54, 1.807) is 0 Å². The normalized spacial score (nSPS) is 11.5. The Bertz CT molecular complexity index is 1730. The number of aromatic nitrogens is 2. The SMILES string of the molecule is c1ccc(C[n+]2cnc3ccc4c(-c5ccccc5)cc(-c5ccccc5)c5ccc2c3c45)cc1. The van der Waals surface area contributed by atoms with Gasteiger partial charge in [0, 0.05) is 5.39 Å². The van der Waals surface area contributed by atoms with E-state index in [1.807, 2.05) is 6.33 Å². The van der Waals surface area contributed by atoms with Gasteiger partial charge in [0.2, 0.25) is 0 Å². The Balaban J connectivity index is 1.60. The van der Waals surface area contributed by atoms with Gasteiger partial charge in [0.25, 0.3) is 6.33 Å². The standard InChI is InChI=1S/C33H23N2/c1-4-10-23(11-5-1)21-35-22-34-30-18-16-26-28(24-12-6-2-7-13-24)20-29(25-14-8-3-9-15-25)27-17-19-31(35)33(30)32(26)27/h1-20,22H,21H2/q+1.